The van der Waals surface area contributed by atoms with Crippen molar-refractivity contribution in [2.24, 2.45) is 0 Å². The van der Waals surface area contributed by atoms with E-state index in [4.69, 9.17) is 32.7 Å². The Morgan fingerprint density at radius 3 is 2.73 bits per heavy atom. The van der Waals surface area contributed by atoms with Crippen LogP contribution >= 0.6 is 23.2 Å². The lowest BCUT2D eigenvalue weighted by Gasteiger charge is -2.24. The molecule has 1 aromatic carbocycles. The van der Waals surface area contributed by atoms with Crippen molar-refractivity contribution < 1.29 is 14.3 Å². The number of nitrogens with zero attached hydrogens (tertiary/aromatic N) is 5. The van der Waals surface area contributed by atoms with E-state index in [9.17, 15) is 4.79 Å². The summed E-state index contributed by atoms with van der Waals surface area (Å²) in [5, 5.41) is 8.71. The highest BCUT2D eigenvalue weighted by atomic mass is 35.5. The van der Waals surface area contributed by atoms with Gasteiger partial charge in [0, 0.05) is 19.6 Å². The van der Waals surface area contributed by atoms with E-state index < -0.39 is 5.60 Å². The Hall–Kier alpha value is -2.78. The van der Waals surface area contributed by atoms with Crippen molar-refractivity contribution in [3.8, 4) is 5.88 Å². The topological polar surface area (TPSA) is 94.4 Å². The molecule has 11 heteroatoms. The standard InChI is InChI=1S/C22H26Cl2N6O3/c1-22(2,3)33-21(31)29-8-7-14(12-29)30-18-17(11-26-30)27-20(28-19(18)32-4)25-10-13-5-6-15(23)16(24)9-13/h5-6,9,11,14H,7-8,10,12H2,1-4H3,(H,25,27,28). The van der Waals surface area contributed by atoms with Crippen LogP contribution in [0.25, 0.3) is 11.0 Å². The van der Waals surface area contributed by atoms with E-state index in [1.807, 2.05) is 31.5 Å². The molecule has 1 aliphatic heterocycles. The molecule has 0 spiro atoms. The molecule has 9 nitrogen and oxygen atoms in total. The molecule has 3 heterocycles. The van der Waals surface area contributed by atoms with Gasteiger partial charge in [-0.05, 0) is 44.9 Å². The van der Waals surface area contributed by atoms with Crippen LogP contribution in [0, 0.1) is 0 Å². The number of hydrogen-bond acceptors (Lipinski definition) is 7. The lowest BCUT2D eigenvalue weighted by Crippen LogP contribution is -2.35. The van der Waals surface area contributed by atoms with Crippen molar-refractivity contribution in [1.29, 1.82) is 0 Å². The predicted octanol–water partition coefficient (Wildman–Crippen LogP) is 4.94. The van der Waals surface area contributed by atoms with E-state index in [1.54, 1.807) is 30.3 Å². The quantitative estimate of drug-likeness (QED) is 0.538. The molecule has 0 saturated carbocycles. The zero-order valence-electron chi connectivity index (χ0n) is 18.9. The van der Waals surface area contributed by atoms with Gasteiger partial charge in [-0.15, -0.1) is 0 Å². The van der Waals surface area contributed by atoms with E-state index >= 15 is 0 Å². The number of ether oxygens (including phenoxy) is 2. The number of halogens is 2. The number of aromatic nitrogens is 4. The van der Waals surface area contributed by atoms with Crippen molar-refractivity contribution in [3.63, 3.8) is 0 Å². The second-order valence-corrected chi connectivity index (χ2v) is 9.66. The first kappa shape index (κ1) is 23.4. The average Bonchev–Trinajstić information content (AvgIpc) is 3.40. The monoisotopic (exact) mass is 492 g/mol. The minimum absolute atomic E-state index is 0.0254. The van der Waals surface area contributed by atoms with Crippen LogP contribution in [-0.4, -0.2) is 56.5 Å². The zero-order chi connectivity index (χ0) is 23.8. The summed E-state index contributed by atoms with van der Waals surface area (Å²) in [5.41, 5.74) is 1.74. The molecule has 0 bridgehead atoms. The summed E-state index contributed by atoms with van der Waals surface area (Å²) >= 11 is 12.1. The van der Waals surface area contributed by atoms with Crippen LogP contribution < -0.4 is 10.1 Å². The number of fused-ring (bicyclic) bond motifs is 1. The SMILES string of the molecule is COc1nc(NCc2ccc(Cl)c(Cl)c2)nc2cnn(C3CCN(C(=O)OC(C)(C)C)C3)c12. The number of amides is 1. The van der Waals surface area contributed by atoms with E-state index in [0.29, 0.717) is 52.5 Å². The number of hydrogen-bond donors (Lipinski definition) is 1. The minimum Gasteiger partial charge on any atom is -0.479 e. The maximum Gasteiger partial charge on any atom is 0.410 e. The summed E-state index contributed by atoms with van der Waals surface area (Å²) < 4.78 is 12.9. The van der Waals surface area contributed by atoms with Crippen molar-refractivity contribution in [2.75, 3.05) is 25.5 Å². The summed E-state index contributed by atoms with van der Waals surface area (Å²) in [7, 11) is 1.56. The van der Waals surface area contributed by atoms with Crippen LogP contribution in [0.2, 0.25) is 10.0 Å². The largest absolute Gasteiger partial charge is 0.479 e. The number of benzene rings is 1. The molecule has 2 aromatic heterocycles. The summed E-state index contributed by atoms with van der Waals surface area (Å²) in [4.78, 5) is 23.2. The highest BCUT2D eigenvalue weighted by Gasteiger charge is 2.32. The molecule has 1 saturated heterocycles. The molecule has 176 valence electrons. The van der Waals surface area contributed by atoms with Crippen LogP contribution in [0.1, 0.15) is 38.8 Å². The van der Waals surface area contributed by atoms with Gasteiger partial charge in [-0.25, -0.2) is 9.78 Å². The summed E-state index contributed by atoms with van der Waals surface area (Å²) in [6.45, 7) is 7.12. The molecule has 1 fully saturated rings. The predicted molar refractivity (Wildman–Crippen MR) is 127 cm³/mol. The summed E-state index contributed by atoms with van der Waals surface area (Å²) in [5.74, 6) is 0.816. The van der Waals surface area contributed by atoms with E-state index in [2.05, 4.69) is 20.4 Å². The van der Waals surface area contributed by atoms with Gasteiger partial charge in [0.25, 0.3) is 0 Å². The first-order valence-electron chi connectivity index (χ1n) is 10.6. The highest BCUT2D eigenvalue weighted by Crippen LogP contribution is 2.31. The fraction of sp³-hybridized carbons (Fsp3) is 0.455. The number of likely N-dealkylation sites (tertiary alicyclic amines) is 1. The van der Waals surface area contributed by atoms with Gasteiger partial charge in [0.1, 0.15) is 16.6 Å². The first-order chi connectivity index (χ1) is 15.6. The van der Waals surface area contributed by atoms with Gasteiger partial charge >= 0.3 is 6.09 Å². The molecule has 33 heavy (non-hydrogen) atoms. The maximum absolute atomic E-state index is 12.4. The Balaban J connectivity index is 1.52. The lowest BCUT2D eigenvalue weighted by molar-refractivity contribution is 0.0288. The van der Waals surface area contributed by atoms with Crippen molar-refractivity contribution in [2.45, 2.75) is 45.4 Å². The van der Waals surface area contributed by atoms with Crippen molar-refractivity contribution in [3.05, 3.63) is 40.0 Å². The van der Waals surface area contributed by atoms with E-state index in [1.165, 1.54) is 0 Å². The van der Waals surface area contributed by atoms with Gasteiger partial charge in [0.15, 0.2) is 0 Å². The van der Waals surface area contributed by atoms with Crippen LogP contribution in [0.3, 0.4) is 0 Å². The minimum atomic E-state index is -0.536. The molecule has 0 aliphatic carbocycles. The Labute approximate surface area is 202 Å². The molecule has 4 rings (SSSR count). The number of carbonyl (C=O) groups is 1. The van der Waals surface area contributed by atoms with Crippen LogP contribution in [-0.2, 0) is 11.3 Å². The Kier molecular flexibility index (Phi) is 6.54. The number of carbonyl (C=O) groups excluding carboxylic acids is 1. The lowest BCUT2D eigenvalue weighted by atomic mass is 10.2. The summed E-state index contributed by atoms with van der Waals surface area (Å²) in [6.07, 6.45) is 2.11. The number of nitrogens with one attached hydrogen (secondary N) is 1. The molecule has 1 amide bonds. The third-order valence-corrected chi connectivity index (χ3v) is 5.94. The van der Waals surface area contributed by atoms with Gasteiger partial charge in [0.05, 0.1) is 29.4 Å². The second kappa shape index (κ2) is 9.23. The normalized spacial score (nSPS) is 16.3. The fourth-order valence-electron chi connectivity index (χ4n) is 3.69. The van der Waals surface area contributed by atoms with Gasteiger partial charge in [-0.2, -0.15) is 10.1 Å². The highest BCUT2D eigenvalue weighted by molar-refractivity contribution is 6.42. The number of rotatable bonds is 5. The molecule has 1 atom stereocenters. The Morgan fingerprint density at radius 1 is 1.24 bits per heavy atom. The molecule has 1 N–H and O–H groups in total. The molecule has 1 unspecified atom stereocenters. The van der Waals surface area contributed by atoms with Gasteiger partial charge in [-0.3, -0.25) is 4.68 Å². The van der Waals surface area contributed by atoms with Gasteiger partial charge in [-0.1, -0.05) is 29.3 Å². The van der Waals surface area contributed by atoms with Crippen LogP contribution in [0.4, 0.5) is 10.7 Å². The third-order valence-electron chi connectivity index (χ3n) is 5.20. The maximum atomic E-state index is 12.4. The average molecular weight is 493 g/mol. The Morgan fingerprint density at radius 2 is 2.03 bits per heavy atom. The zero-order valence-corrected chi connectivity index (χ0v) is 20.4. The number of methoxy groups -OCH3 is 1. The molecular formula is C22H26Cl2N6O3. The Bertz CT molecular complexity index is 1180. The smallest absolute Gasteiger partial charge is 0.410 e. The third kappa shape index (κ3) is 5.25. The second-order valence-electron chi connectivity index (χ2n) is 8.85. The summed E-state index contributed by atoms with van der Waals surface area (Å²) in [6, 6.07) is 5.40. The van der Waals surface area contributed by atoms with Crippen molar-refractivity contribution in [1.82, 2.24) is 24.6 Å². The fourth-order valence-corrected chi connectivity index (χ4v) is 4.01. The molecule has 1 aliphatic rings. The van der Waals surface area contributed by atoms with Crippen LogP contribution in [0.5, 0.6) is 5.88 Å². The van der Waals surface area contributed by atoms with Gasteiger partial charge < -0.3 is 19.7 Å². The first-order valence-corrected chi connectivity index (χ1v) is 11.3. The van der Waals surface area contributed by atoms with Gasteiger partial charge in [0.2, 0.25) is 11.8 Å². The van der Waals surface area contributed by atoms with E-state index in [0.717, 1.165) is 12.0 Å². The molecular weight excluding hydrogens is 467 g/mol. The molecule has 3 aromatic rings. The van der Waals surface area contributed by atoms with Crippen molar-refractivity contribution >= 4 is 46.3 Å². The number of anilines is 1. The van der Waals surface area contributed by atoms with E-state index in [-0.39, 0.29) is 12.1 Å². The van der Waals surface area contributed by atoms with Crippen LogP contribution in [0.15, 0.2) is 24.4 Å². The molecule has 0 radical (unpaired) electrons.